The fourth-order valence-corrected chi connectivity index (χ4v) is 1.70. The highest BCUT2D eigenvalue weighted by Gasteiger charge is 2.37. The maximum Gasteiger partial charge on any atom is 0.223 e. The molecule has 3 rings (SSSR count). The van der Waals surface area contributed by atoms with E-state index in [-0.39, 0.29) is 17.9 Å². The van der Waals surface area contributed by atoms with Gasteiger partial charge < -0.3 is 10.6 Å². The summed E-state index contributed by atoms with van der Waals surface area (Å²) in [6.07, 6.45) is 4.38. The number of anilines is 1. The summed E-state index contributed by atoms with van der Waals surface area (Å²) < 4.78 is 0. The van der Waals surface area contributed by atoms with Crippen LogP contribution >= 0.6 is 12.4 Å². The van der Waals surface area contributed by atoms with E-state index in [1.165, 1.54) is 18.4 Å². The Balaban J connectivity index is 0.000000853. The molecule has 4 nitrogen and oxygen atoms in total. The van der Waals surface area contributed by atoms with E-state index >= 15 is 0 Å². The largest absolute Gasteiger partial charge is 0.349 e. The van der Waals surface area contributed by atoms with Crippen molar-refractivity contribution in [3.8, 4) is 0 Å². The Hall–Kier alpha value is -0.870. The average Bonchev–Trinajstić information content (AvgIpc) is 2.73. The second kappa shape index (κ2) is 3.61. The number of nitrogens with zero attached hydrogens (tertiary/aromatic N) is 2. The van der Waals surface area contributed by atoms with Gasteiger partial charge in [-0.3, -0.25) is 0 Å². The van der Waals surface area contributed by atoms with Crippen LogP contribution in [0.15, 0.2) is 6.20 Å². The molecular weight excluding hydrogens is 212 g/mol. The van der Waals surface area contributed by atoms with Crippen molar-refractivity contribution >= 4 is 18.4 Å². The Bertz CT molecular complexity index is 376. The van der Waals surface area contributed by atoms with Gasteiger partial charge in [-0.2, -0.15) is 0 Å². The van der Waals surface area contributed by atoms with Crippen LogP contribution in [-0.2, 0) is 13.1 Å². The minimum Gasteiger partial charge on any atom is -0.349 e. The van der Waals surface area contributed by atoms with Crippen molar-refractivity contribution in [3.05, 3.63) is 17.5 Å². The molecule has 0 bridgehead atoms. The zero-order valence-corrected chi connectivity index (χ0v) is 9.52. The lowest BCUT2D eigenvalue weighted by Gasteiger charge is -2.11. The van der Waals surface area contributed by atoms with Gasteiger partial charge in [-0.1, -0.05) is 0 Å². The number of fused-ring (bicyclic) bond motifs is 1. The molecule has 0 atom stereocenters. The van der Waals surface area contributed by atoms with E-state index in [1.807, 2.05) is 6.20 Å². The highest BCUT2D eigenvalue weighted by Crippen LogP contribution is 2.37. The van der Waals surface area contributed by atoms with E-state index in [2.05, 4.69) is 27.5 Å². The molecule has 0 amide bonds. The third-order valence-corrected chi connectivity index (χ3v) is 2.98. The summed E-state index contributed by atoms with van der Waals surface area (Å²) in [7, 11) is 0. The minimum atomic E-state index is 0. The van der Waals surface area contributed by atoms with Crippen molar-refractivity contribution in [1.82, 2.24) is 15.3 Å². The Kier molecular flexibility index (Phi) is 2.56. The van der Waals surface area contributed by atoms with Gasteiger partial charge >= 0.3 is 0 Å². The molecule has 5 heteroatoms. The molecular formula is C10H15ClN4. The molecule has 0 unspecified atom stereocenters. The quantitative estimate of drug-likeness (QED) is 0.802. The van der Waals surface area contributed by atoms with Gasteiger partial charge in [-0.05, 0) is 19.8 Å². The molecule has 0 spiro atoms. The highest BCUT2D eigenvalue weighted by molar-refractivity contribution is 5.85. The number of rotatable bonds is 2. The Morgan fingerprint density at radius 1 is 1.40 bits per heavy atom. The zero-order chi connectivity index (χ0) is 9.60. The maximum atomic E-state index is 4.49. The van der Waals surface area contributed by atoms with E-state index < -0.39 is 0 Å². The van der Waals surface area contributed by atoms with Gasteiger partial charge in [0, 0.05) is 30.4 Å². The normalized spacial score (nSPS) is 20.3. The summed E-state index contributed by atoms with van der Waals surface area (Å²) in [4.78, 5) is 8.81. The molecule has 2 N–H and O–H groups in total. The lowest BCUT2D eigenvalue weighted by Crippen LogP contribution is -2.18. The summed E-state index contributed by atoms with van der Waals surface area (Å²) in [6, 6.07) is 0. The van der Waals surface area contributed by atoms with Crippen molar-refractivity contribution in [2.45, 2.75) is 38.4 Å². The van der Waals surface area contributed by atoms with Crippen LogP contribution in [0.1, 0.15) is 31.0 Å². The average molecular weight is 227 g/mol. The molecule has 1 fully saturated rings. The predicted octanol–water partition coefficient (Wildman–Crippen LogP) is 1.47. The van der Waals surface area contributed by atoms with E-state index in [0.29, 0.717) is 0 Å². The van der Waals surface area contributed by atoms with Crippen LogP contribution < -0.4 is 10.6 Å². The van der Waals surface area contributed by atoms with Crippen molar-refractivity contribution in [2.24, 2.45) is 0 Å². The highest BCUT2D eigenvalue weighted by atomic mass is 35.5. The topological polar surface area (TPSA) is 49.8 Å². The second-order valence-corrected chi connectivity index (χ2v) is 4.45. The summed E-state index contributed by atoms with van der Waals surface area (Å²) in [5, 5.41) is 6.64. The summed E-state index contributed by atoms with van der Waals surface area (Å²) in [5.41, 5.74) is 2.64. The fourth-order valence-electron chi connectivity index (χ4n) is 1.70. The van der Waals surface area contributed by atoms with E-state index in [0.717, 1.165) is 24.7 Å². The smallest absolute Gasteiger partial charge is 0.223 e. The third kappa shape index (κ3) is 2.06. The van der Waals surface area contributed by atoms with Crippen LogP contribution in [0.2, 0.25) is 0 Å². The summed E-state index contributed by atoms with van der Waals surface area (Å²) in [5.74, 6) is 0.785. The SMILES string of the molecule is CC1(Nc2ncc3c(n2)CNC3)CC1.Cl. The third-order valence-electron chi connectivity index (χ3n) is 2.98. The van der Waals surface area contributed by atoms with Gasteiger partial charge in [0.05, 0.1) is 5.69 Å². The monoisotopic (exact) mass is 226 g/mol. The number of nitrogens with one attached hydrogen (secondary N) is 2. The molecule has 1 aliphatic carbocycles. The first-order valence-corrected chi connectivity index (χ1v) is 5.09. The van der Waals surface area contributed by atoms with Crippen molar-refractivity contribution in [3.63, 3.8) is 0 Å². The molecule has 1 aromatic heterocycles. The number of hydrogen-bond acceptors (Lipinski definition) is 4. The number of aromatic nitrogens is 2. The van der Waals surface area contributed by atoms with Crippen LogP contribution in [0.25, 0.3) is 0 Å². The van der Waals surface area contributed by atoms with Crippen LogP contribution in [-0.4, -0.2) is 15.5 Å². The Morgan fingerprint density at radius 3 is 2.93 bits per heavy atom. The number of halogens is 1. The fraction of sp³-hybridized carbons (Fsp3) is 0.600. The summed E-state index contributed by atoms with van der Waals surface area (Å²) >= 11 is 0. The van der Waals surface area contributed by atoms with E-state index in [1.54, 1.807) is 0 Å². The lowest BCUT2D eigenvalue weighted by molar-refractivity contribution is 0.756. The molecule has 1 saturated carbocycles. The van der Waals surface area contributed by atoms with Crippen molar-refractivity contribution in [1.29, 1.82) is 0 Å². The second-order valence-electron chi connectivity index (χ2n) is 4.45. The van der Waals surface area contributed by atoms with Gasteiger partial charge in [0.2, 0.25) is 5.95 Å². The molecule has 1 aromatic rings. The van der Waals surface area contributed by atoms with Crippen LogP contribution in [0.3, 0.4) is 0 Å². The zero-order valence-electron chi connectivity index (χ0n) is 8.71. The first kappa shape index (κ1) is 10.6. The summed E-state index contributed by atoms with van der Waals surface area (Å²) in [6.45, 7) is 4.00. The van der Waals surface area contributed by atoms with Crippen LogP contribution in [0, 0.1) is 0 Å². The Labute approximate surface area is 95.3 Å². The van der Waals surface area contributed by atoms with Gasteiger partial charge in [0.15, 0.2) is 0 Å². The molecule has 0 aromatic carbocycles. The Morgan fingerprint density at radius 2 is 2.20 bits per heavy atom. The molecule has 82 valence electrons. The molecule has 15 heavy (non-hydrogen) atoms. The standard InChI is InChI=1S/C10H14N4.ClH/c1-10(2-3-10)14-9-12-5-7-4-11-6-8(7)13-9;/h5,11H,2-4,6H2,1H3,(H,12,13,14);1H. The van der Waals surface area contributed by atoms with E-state index in [4.69, 9.17) is 0 Å². The molecule has 0 saturated heterocycles. The van der Waals surface area contributed by atoms with Gasteiger partial charge in [0.1, 0.15) is 0 Å². The molecule has 2 aliphatic rings. The first-order chi connectivity index (χ1) is 6.75. The minimum absolute atomic E-state index is 0. The predicted molar refractivity (Wildman–Crippen MR) is 61.1 cm³/mol. The van der Waals surface area contributed by atoms with Gasteiger partial charge in [-0.15, -0.1) is 12.4 Å². The lowest BCUT2D eigenvalue weighted by atomic mass is 10.3. The van der Waals surface area contributed by atoms with Crippen molar-refractivity contribution < 1.29 is 0 Å². The number of hydrogen-bond donors (Lipinski definition) is 2. The van der Waals surface area contributed by atoms with Gasteiger partial charge in [-0.25, -0.2) is 9.97 Å². The van der Waals surface area contributed by atoms with Gasteiger partial charge in [0.25, 0.3) is 0 Å². The first-order valence-electron chi connectivity index (χ1n) is 5.09. The maximum absolute atomic E-state index is 4.49. The van der Waals surface area contributed by atoms with Crippen LogP contribution in [0.4, 0.5) is 5.95 Å². The molecule has 2 heterocycles. The van der Waals surface area contributed by atoms with Crippen molar-refractivity contribution in [2.75, 3.05) is 5.32 Å². The van der Waals surface area contributed by atoms with E-state index in [9.17, 15) is 0 Å². The molecule has 1 aliphatic heterocycles. The van der Waals surface area contributed by atoms with Crippen LogP contribution in [0.5, 0.6) is 0 Å². The molecule has 0 radical (unpaired) electrons.